The van der Waals surface area contributed by atoms with Crippen molar-refractivity contribution in [3.63, 3.8) is 0 Å². The highest BCUT2D eigenvalue weighted by Crippen LogP contribution is 2.13. The summed E-state index contributed by atoms with van der Waals surface area (Å²) in [5, 5.41) is 2.83. The van der Waals surface area contributed by atoms with Crippen LogP contribution in [-0.4, -0.2) is 35.8 Å². The van der Waals surface area contributed by atoms with Gasteiger partial charge in [-0.25, -0.2) is 0 Å². The van der Waals surface area contributed by atoms with Gasteiger partial charge in [-0.3, -0.25) is 9.59 Å². The highest BCUT2D eigenvalue weighted by atomic mass is 16.2. The molecule has 0 aliphatic carbocycles. The second-order valence-corrected chi connectivity index (χ2v) is 5.99. The van der Waals surface area contributed by atoms with E-state index in [9.17, 15) is 9.59 Å². The van der Waals surface area contributed by atoms with Crippen molar-refractivity contribution >= 4 is 11.8 Å². The molecular formula is C18H26N2O2. The third-order valence-corrected chi connectivity index (χ3v) is 4.26. The smallest absolute Gasteiger partial charge is 0.242 e. The molecule has 1 aliphatic rings. The van der Waals surface area contributed by atoms with E-state index in [1.165, 1.54) is 11.1 Å². The minimum atomic E-state index is -0.279. The molecule has 2 rings (SSSR count). The molecule has 0 saturated carbocycles. The van der Waals surface area contributed by atoms with Crippen LogP contribution >= 0.6 is 0 Å². The largest absolute Gasteiger partial charge is 0.353 e. The van der Waals surface area contributed by atoms with E-state index in [1.54, 1.807) is 4.90 Å². The molecule has 1 atom stereocenters. The number of aryl methyl sites for hydroxylation is 2. The molecule has 1 unspecified atom stereocenters. The van der Waals surface area contributed by atoms with Gasteiger partial charge < -0.3 is 10.2 Å². The highest BCUT2D eigenvalue weighted by molar-refractivity contribution is 5.88. The first kappa shape index (κ1) is 16.5. The number of piperazine rings is 1. The monoisotopic (exact) mass is 302 g/mol. The van der Waals surface area contributed by atoms with Crippen LogP contribution in [0.1, 0.15) is 43.7 Å². The zero-order valence-corrected chi connectivity index (χ0v) is 13.6. The number of carbonyl (C=O) groups is 2. The first-order chi connectivity index (χ1) is 10.6. The lowest BCUT2D eigenvalue weighted by Crippen LogP contribution is -2.56. The van der Waals surface area contributed by atoms with Crippen LogP contribution in [0.25, 0.3) is 0 Å². The Balaban J connectivity index is 1.75. The van der Waals surface area contributed by atoms with Crippen molar-refractivity contribution in [2.24, 2.45) is 0 Å². The maximum atomic E-state index is 12.3. The minimum absolute atomic E-state index is 0.0123. The number of unbranched alkanes of at least 4 members (excludes halogenated alkanes) is 1. The summed E-state index contributed by atoms with van der Waals surface area (Å²) < 4.78 is 0. The normalized spacial score (nSPS) is 18.2. The molecule has 1 fully saturated rings. The number of rotatable bonds is 6. The van der Waals surface area contributed by atoms with Crippen molar-refractivity contribution in [2.75, 3.05) is 13.1 Å². The molecule has 120 valence electrons. The Hall–Kier alpha value is -1.84. The van der Waals surface area contributed by atoms with Gasteiger partial charge in [-0.05, 0) is 38.2 Å². The molecule has 1 aromatic carbocycles. The molecule has 0 bridgehead atoms. The lowest BCUT2D eigenvalue weighted by Gasteiger charge is -2.34. The molecule has 1 aromatic rings. The van der Waals surface area contributed by atoms with Crippen LogP contribution in [0, 0.1) is 6.92 Å². The van der Waals surface area contributed by atoms with Crippen LogP contribution in [-0.2, 0) is 16.0 Å². The zero-order valence-electron chi connectivity index (χ0n) is 13.6. The number of nitrogens with zero attached hydrogens (tertiary/aromatic N) is 1. The van der Waals surface area contributed by atoms with Crippen molar-refractivity contribution < 1.29 is 9.59 Å². The van der Waals surface area contributed by atoms with E-state index in [-0.39, 0.29) is 17.9 Å². The van der Waals surface area contributed by atoms with E-state index >= 15 is 0 Å². The van der Waals surface area contributed by atoms with E-state index in [0.29, 0.717) is 25.9 Å². The van der Waals surface area contributed by atoms with Crippen molar-refractivity contribution in [3.05, 3.63) is 35.4 Å². The first-order valence-electron chi connectivity index (χ1n) is 8.24. The summed E-state index contributed by atoms with van der Waals surface area (Å²) in [5.74, 6) is 0.104. The van der Waals surface area contributed by atoms with Crippen LogP contribution in [0.2, 0.25) is 0 Å². The average Bonchev–Trinajstić information content (AvgIpc) is 2.52. The summed E-state index contributed by atoms with van der Waals surface area (Å²) in [5.41, 5.74) is 2.59. The fourth-order valence-corrected chi connectivity index (χ4v) is 2.92. The Labute approximate surface area is 132 Å². The number of amides is 2. The Kier molecular flexibility index (Phi) is 5.99. The maximum absolute atomic E-state index is 12.3. The number of benzene rings is 1. The Morgan fingerprint density at radius 1 is 1.27 bits per heavy atom. The minimum Gasteiger partial charge on any atom is -0.353 e. The highest BCUT2D eigenvalue weighted by Gasteiger charge is 2.30. The summed E-state index contributed by atoms with van der Waals surface area (Å²) in [6.07, 6.45) is 4.11. The van der Waals surface area contributed by atoms with Crippen LogP contribution in [0.5, 0.6) is 0 Å². The number of carbonyl (C=O) groups excluding carboxylic acids is 2. The lowest BCUT2D eigenvalue weighted by atomic mass is 10.0. The maximum Gasteiger partial charge on any atom is 0.242 e. The Morgan fingerprint density at radius 2 is 2.00 bits per heavy atom. The Bertz CT molecular complexity index is 510. The molecule has 1 N–H and O–H groups in total. The van der Waals surface area contributed by atoms with Crippen molar-refractivity contribution in [1.82, 2.24) is 10.2 Å². The molecule has 22 heavy (non-hydrogen) atoms. The van der Waals surface area contributed by atoms with Gasteiger partial charge in [0.15, 0.2) is 0 Å². The van der Waals surface area contributed by atoms with E-state index in [4.69, 9.17) is 0 Å². The van der Waals surface area contributed by atoms with E-state index < -0.39 is 0 Å². The second kappa shape index (κ2) is 7.97. The molecule has 1 heterocycles. The zero-order chi connectivity index (χ0) is 15.9. The molecule has 1 aliphatic heterocycles. The van der Waals surface area contributed by atoms with Gasteiger partial charge in [0.1, 0.15) is 6.04 Å². The topological polar surface area (TPSA) is 49.4 Å². The van der Waals surface area contributed by atoms with E-state index in [0.717, 1.165) is 19.3 Å². The summed E-state index contributed by atoms with van der Waals surface area (Å²) in [6.45, 7) is 5.25. The van der Waals surface area contributed by atoms with Crippen LogP contribution in [0.15, 0.2) is 24.3 Å². The van der Waals surface area contributed by atoms with Gasteiger partial charge in [0.25, 0.3) is 0 Å². The van der Waals surface area contributed by atoms with Gasteiger partial charge in [-0.2, -0.15) is 0 Å². The summed E-state index contributed by atoms with van der Waals surface area (Å²) >= 11 is 0. The molecule has 0 radical (unpaired) electrons. The predicted molar refractivity (Wildman–Crippen MR) is 87.5 cm³/mol. The molecule has 2 amide bonds. The Morgan fingerprint density at radius 3 is 2.68 bits per heavy atom. The molecule has 4 nitrogen and oxygen atoms in total. The summed E-state index contributed by atoms with van der Waals surface area (Å²) in [7, 11) is 0. The van der Waals surface area contributed by atoms with Crippen molar-refractivity contribution in [1.29, 1.82) is 0 Å². The lowest BCUT2D eigenvalue weighted by molar-refractivity contribution is -0.143. The summed E-state index contributed by atoms with van der Waals surface area (Å²) in [6, 6.07) is 8.27. The molecular weight excluding hydrogens is 276 g/mol. The molecule has 0 spiro atoms. The van der Waals surface area contributed by atoms with Crippen molar-refractivity contribution in [2.45, 2.75) is 52.0 Å². The predicted octanol–water partition coefficient (Wildman–Crippen LogP) is 2.44. The van der Waals surface area contributed by atoms with Crippen LogP contribution in [0.3, 0.4) is 0 Å². The number of hydrogen-bond acceptors (Lipinski definition) is 2. The third kappa shape index (κ3) is 4.33. The van der Waals surface area contributed by atoms with Gasteiger partial charge >= 0.3 is 0 Å². The fraction of sp³-hybridized carbons (Fsp3) is 0.556. The van der Waals surface area contributed by atoms with Gasteiger partial charge in [0, 0.05) is 19.5 Å². The third-order valence-electron chi connectivity index (χ3n) is 4.26. The van der Waals surface area contributed by atoms with E-state index in [2.05, 4.69) is 36.5 Å². The molecule has 0 aromatic heterocycles. The van der Waals surface area contributed by atoms with Gasteiger partial charge in [0.2, 0.25) is 11.8 Å². The number of nitrogens with one attached hydrogen (secondary N) is 1. The molecule has 4 heteroatoms. The SMILES string of the molecule is CCC1C(=O)NCCN1C(=O)CCCCc1ccc(C)cc1. The standard InChI is InChI=1S/C18H26N2O2/c1-3-16-18(22)19-12-13-20(16)17(21)7-5-4-6-15-10-8-14(2)9-11-15/h8-11,16H,3-7,12-13H2,1-2H3,(H,19,22). The second-order valence-electron chi connectivity index (χ2n) is 5.99. The number of hydrogen-bond donors (Lipinski definition) is 1. The van der Waals surface area contributed by atoms with Crippen LogP contribution < -0.4 is 5.32 Å². The van der Waals surface area contributed by atoms with Crippen LogP contribution in [0.4, 0.5) is 0 Å². The van der Waals surface area contributed by atoms with E-state index in [1.807, 2.05) is 6.92 Å². The van der Waals surface area contributed by atoms with Gasteiger partial charge in [-0.1, -0.05) is 36.8 Å². The quantitative estimate of drug-likeness (QED) is 0.821. The molecule has 1 saturated heterocycles. The first-order valence-corrected chi connectivity index (χ1v) is 8.24. The average molecular weight is 302 g/mol. The summed E-state index contributed by atoms with van der Waals surface area (Å²) in [4.78, 5) is 25.8. The fourth-order valence-electron chi connectivity index (χ4n) is 2.92. The van der Waals surface area contributed by atoms with Gasteiger partial charge in [-0.15, -0.1) is 0 Å². The van der Waals surface area contributed by atoms with Crippen molar-refractivity contribution in [3.8, 4) is 0 Å². The van der Waals surface area contributed by atoms with Gasteiger partial charge in [0.05, 0.1) is 0 Å².